The minimum absolute atomic E-state index is 0.0339. The number of furan rings is 1. The molecule has 0 spiro atoms. The molecule has 1 unspecified atom stereocenters. The van der Waals surface area contributed by atoms with Gasteiger partial charge in [0, 0.05) is 23.4 Å². The Morgan fingerprint density at radius 1 is 1.36 bits per heavy atom. The Balaban J connectivity index is 1.81. The van der Waals surface area contributed by atoms with Gasteiger partial charge in [0.15, 0.2) is 0 Å². The first-order chi connectivity index (χ1) is 12.2. The van der Waals surface area contributed by atoms with Crippen LogP contribution in [0, 0.1) is 10.1 Å². The summed E-state index contributed by atoms with van der Waals surface area (Å²) in [7, 11) is 0. The smallest absolute Gasteiger partial charge is 0.270 e. The molecular weight excluding hydrogens is 342 g/mol. The lowest BCUT2D eigenvalue weighted by atomic mass is 10.1. The van der Waals surface area contributed by atoms with Crippen LogP contribution in [-0.2, 0) is 0 Å². The minimum Gasteiger partial charge on any atom is -0.467 e. The van der Waals surface area contributed by atoms with Crippen LogP contribution < -0.4 is 5.32 Å². The highest BCUT2D eigenvalue weighted by molar-refractivity contribution is 7.98. The van der Waals surface area contributed by atoms with E-state index < -0.39 is 4.92 Å². The molecule has 1 N–H and O–H groups in total. The molecule has 8 nitrogen and oxygen atoms in total. The van der Waals surface area contributed by atoms with E-state index in [1.54, 1.807) is 17.0 Å². The number of nitro groups is 1. The maximum Gasteiger partial charge on any atom is 0.270 e. The van der Waals surface area contributed by atoms with E-state index in [0.29, 0.717) is 22.4 Å². The second-order valence-electron chi connectivity index (χ2n) is 5.34. The first-order valence-electron chi connectivity index (χ1n) is 7.43. The number of thioether (sulfide) groups is 1. The summed E-state index contributed by atoms with van der Waals surface area (Å²) in [6, 6.07) is 9.85. The summed E-state index contributed by atoms with van der Waals surface area (Å²) in [5.41, 5.74) is 1.45. The average Bonchev–Trinajstić information content (AvgIpc) is 3.30. The number of benzene rings is 1. The first-order valence-corrected chi connectivity index (χ1v) is 8.66. The van der Waals surface area contributed by atoms with Gasteiger partial charge >= 0.3 is 0 Å². The highest BCUT2D eigenvalue weighted by Crippen LogP contribution is 2.34. The second kappa shape index (κ2) is 6.10. The zero-order valence-corrected chi connectivity index (χ0v) is 13.9. The molecule has 3 aromatic rings. The summed E-state index contributed by atoms with van der Waals surface area (Å²) in [6.45, 7) is 0. The molecule has 0 saturated carbocycles. The number of hydrogen-bond donors (Lipinski definition) is 1. The Hall–Kier alpha value is -3.07. The predicted octanol–water partition coefficient (Wildman–Crippen LogP) is 3.56. The number of non-ortho nitro benzene ring substituents is 1. The molecule has 126 valence electrons. The van der Waals surface area contributed by atoms with Gasteiger partial charge in [-0.3, -0.25) is 10.1 Å². The van der Waals surface area contributed by atoms with Gasteiger partial charge in [0.2, 0.25) is 11.1 Å². The van der Waals surface area contributed by atoms with E-state index >= 15 is 0 Å². The van der Waals surface area contributed by atoms with Crippen LogP contribution in [0.3, 0.4) is 0 Å². The van der Waals surface area contributed by atoms with Crippen molar-refractivity contribution in [1.29, 1.82) is 0 Å². The van der Waals surface area contributed by atoms with Crippen LogP contribution in [-0.4, -0.2) is 25.9 Å². The van der Waals surface area contributed by atoms with Crippen LogP contribution >= 0.6 is 11.8 Å². The minimum atomic E-state index is -0.411. The van der Waals surface area contributed by atoms with Gasteiger partial charge in [-0.1, -0.05) is 23.9 Å². The molecule has 0 aliphatic carbocycles. The van der Waals surface area contributed by atoms with Crippen molar-refractivity contribution in [3.05, 3.63) is 70.2 Å². The van der Waals surface area contributed by atoms with Crippen molar-refractivity contribution in [1.82, 2.24) is 14.8 Å². The number of nitrogens with zero attached hydrogens (tertiary/aromatic N) is 4. The molecule has 0 radical (unpaired) electrons. The van der Waals surface area contributed by atoms with Gasteiger partial charge in [-0.2, -0.15) is 4.98 Å². The van der Waals surface area contributed by atoms with E-state index in [4.69, 9.17) is 4.42 Å². The molecule has 0 amide bonds. The molecule has 1 aliphatic rings. The summed E-state index contributed by atoms with van der Waals surface area (Å²) < 4.78 is 7.28. The molecule has 3 heterocycles. The summed E-state index contributed by atoms with van der Waals surface area (Å²) >= 11 is 1.44. The van der Waals surface area contributed by atoms with Crippen molar-refractivity contribution in [3.63, 3.8) is 0 Å². The summed E-state index contributed by atoms with van der Waals surface area (Å²) in [6.07, 6.45) is 5.42. The van der Waals surface area contributed by atoms with E-state index in [0.717, 1.165) is 5.70 Å². The van der Waals surface area contributed by atoms with Crippen LogP contribution in [0.15, 0.2) is 58.3 Å². The number of aromatic nitrogens is 3. The highest BCUT2D eigenvalue weighted by atomic mass is 32.2. The van der Waals surface area contributed by atoms with Gasteiger partial charge in [-0.25, -0.2) is 4.68 Å². The third kappa shape index (κ3) is 2.78. The number of nitrogens with one attached hydrogen (secondary N) is 1. The summed E-state index contributed by atoms with van der Waals surface area (Å²) in [4.78, 5) is 15.1. The molecule has 1 aliphatic heterocycles. The lowest BCUT2D eigenvalue weighted by molar-refractivity contribution is -0.384. The van der Waals surface area contributed by atoms with Gasteiger partial charge < -0.3 is 9.73 Å². The Morgan fingerprint density at radius 3 is 2.96 bits per heavy atom. The van der Waals surface area contributed by atoms with E-state index in [1.807, 2.05) is 30.5 Å². The van der Waals surface area contributed by atoms with Gasteiger partial charge in [0.05, 0.1) is 11.2 Å². The largest absolute Gasteiger partial charge is 0.467 e. The number of rotatable bonds is 4. The average molecular weight is 355 g/mol. The highest BCUT2D eigenvalue weighted by Gasteiger charge is 2.27. The molecular formula is C16H13N5O3S. The van der Waals surface area contributed by atoms with Crippen molar-refractivity contribution in [3.8, 4) is 0 Å². The predicted molar refractivity (Wildman–Crippen MR) is 93.3 cm³/mol. The van der Waals surface area contributed by atoms with Crippen molar-refractivity contribution < 1.29 is 9.34 Å². The van der Waals surface area contributed by atoms with E-state index in [2.05, 4.69) is 15.4 Å². The van der Waals surface area contributed by atoms with Crippen molar-refractivity contribution in [2.75, 3.05) is 11.6 Å². The van der Waals surface area contributed by atoms with Gasteiger partial charge in [0.1, 0.15) is 11.8 Å². The third-order valence-corrected chi connectivity index (χ3v) is 4.37. The molecule has 9 heteroatoms. The molecule has 0 saturated heterocycles. The second-order valence-corrected chi connectivity index (χ2v) is 6.11. The molecule has 2 aromatic heterocycles. The molecule has 1 aromatic carbocycles. The van der Waals surface area contributed by atoms with Crippen LogP contribution in [0.2, 0.25) is 0 Å². The fourth-order valence-electron chi connectivity index (χ4n) is 2.68. The molecule has 1 atom stereocenters. The van der Waals surface area contributed by atoms with Crippen molar-refractivity contribution in [2.45, 2.75) is 11.2 Å². The van der Waals surface area contributed by atoms with E-state index in [9.17, 15) is 10.1 Å². The van der Waals surface area contributed by atoms with Crippen LogP contribution in [0.1, 0.15) is 17.4 Å². The fraction of sp³-hybridized carbons (Fsp3) is 0.125. The Morgan fingerprint density at radius 2 is 2.24 bits per heavy atom. The van der Waals surface area contributed by atoms with E-state index in [1.165, 1.54) is 23.9 Å². The molecule has 25 heavy (non-hydrogen) atoms. The summed E-state index contributed by atoms with van der Waals surface area (Å²) in [5.74, 6) is 1.28. The van der Waals surface area contributed by atoms with Gasteiger partial charge in [-0.15, -0.1) is 5.10 Å². The van der Waals surface area contributed by atoms with E-state index in [-0.39, 0.29) is 11.7 Å². The van der Waals surface area contributed by atoms with Gasteiger partial charge in [-0.05, 0) is 24.5 Å². The lowest BCUT2D eigenvalue weighted by Crippen LogP contribution is -2.19. The number of nitro benzene ring substituents is 1. The standard InChI is InChI=1S/C16H13N5O3S/c1-25-16-18-15-17-12(10-4-2-5-11(8-10)21(22)23)9-13(20(15)19-16)14-6-3-7-24-14/h2-9,13H,1H3,(H,17,18,19). The number of hydrogen-bond acceptors (Lipinski definition) is 7. The van der Waals surface area contributed by atoms with Gasteiger partial charge in [0.25, 0.3) is 5.69 Å². The monoisotopic (exact) mass is 355 g/mol. The topological polar surface area (TPSA) is 99.0 Å². The lowest BCUT2D eigenvalue weighted by Gasteiger charge is -2.22. The first kappa shape index (κ1) is 15.5. The molecule has 4 rings (SSSR count). The zero-order chi connectivity index (χ0) is 17.4. The Kier molecular flexibility index (Phi) is 3.77. The van der Waals surface area contributed by atoms with Crippen LogP contribution in [0.25, 0.3) is 5.70 Å². The Bertz CT molecular complexity index is 964. The summed E-state index contributed by atoms with van der Waals surface area (Å²) in [5, 5.41) is 19.4. The normalized spacial score (nSPS) is 16.0. The molecule has 0 bridgehead atoms. The number of allylic oxidation sites excluding steroid dienone is 1. The van der Waals surface area contributed by atoms with Crippen molar-refractivity contribution >= 4 is 29.1 Å². The SMILES string of the molecule is CSc1nc2n(n1)C(c1ccco1)C=C(c1cccc([N+](=O)[O-])c1)N2. The number of fused-ring (bicyclic) bond motifs is 1. The Labute approximate surface area is 146 Å². The van der Waals surface area contributed by atoms with Crippen molar-refractivity contribution in [2.24, 2.45) is 0 Å². The van der Waals surface area contributed by atoms with Crippen LogP contribution in [0.4, 0.5) is 11.6 Å². The third-order valence-electron chi connectivity index (χ3n) is 3.83. The fourth-order valence-corrected chi connectivity index (χ4v) is 3.02. The zero-order valence-electron chi connectivity index (χ0n) is 13.1. The number of anilines is 1. The quantitative estimate of drug-likeness (QED) is 0.434. The van der Waals surface area contributed by atoms with Crippen LogP contribution in [0.5, 0.6) is 0 Å². The maximum absolute atomic E-state index is 11.0. The molecule has 0 fully saturated rings. The maximum atomic E-state index is 11.0.